The van der Waals surface area contributed by atoms with Crippen LogP contribution in [0.4, 0.5) is 5.69 Å². The minimum absolute atomic E-state index is 1.07. The van der Waals surface area contributed by atoms with Gasteiger partial charge in [-0.1, -0.05) is 31.0 Å². The van der Waals surface area contributed by atoms with Crippen molar-refractivity contribution in [2.24, 2.45) is 5.92 Å². The van der Waals surface area contributed by atoms with Crippen molar-refractivity contribution in [3.63, 3.8) is 0 Å². The van der Waals surface area contributed by atoms with Gasteiger partial charge in [-0.05, 0) is 30.9 Å². The summed E-state index contributed by atoms with van der Waals surface area (Å²) in [6, 6.07) is 10.4. The number of hydrogen-bond donors (Lipinski definition) is 1. The van der Waals surface area contributed by atoms with Crippen molar-refractivity contribution in [3.05, 3.63) is 30.3 Å². The van der Waals surface area contributed by atoms with Crippen LogP contribution in [0, 0.1) is 5.92 Å². The molecule has 1 heteroatoms. The Labute approximate surface area is 80.2 Å². The van der Waals surface area contributed by atoms with Gasteiger partial charge in [-0.25, -0.2) is 0 Å². The number of rotatable bonds is 5. The Morgan fingerprint density at radius 2 is 1.92 bits per heavy atom. The van der Waals surface area contributed by atoms with E-state index in [-0.39, 0.29) is 0 Å². The van der Waals surface area contributed by atoms with Crippen molar-refractivity contribution in [1.82, 2.24) is 0 Å². The van der Waals surface area contributed by atoms with E-state index in [9.17, 15) is 0 Å². The van der Waals surface area contributed by atoms with E-state index in [0.717, 1.165) is 12.5 Å². The molecular formula is C12H17N. The van der Waals surface area contributed by atoms with E-state index in [1.807, 2.05) is 0 Å². The maximum Gasteiger partial charge on any atom is 0.0340 e. The summed E-state index contributed by atoms with van der Waals surface area (Å²) in [6.45, 7) is 1.13. The maximum atomic E-state index is 3.43. The predicted octanol–water partition coefficient (Wildman–Crippen LogP) is 3.29. The van der Waals surface area contributed by atoms with E-state index < -0.39 is 0 Å². The summed E-state index contributed by atoms with van der Waals surface area (Å²) in [5, 5.41) is 3.43. The van der Waals surface area contributed by atoms with Gasteiger partial charge < -0.3 is 5.32 Å². The Morgan fingerprint density at radius 3 is 2.62 bits per heavy atom. The first-order valence-corrected chi connectivity index (χ1v) is 5.24. The molecule has 0 radical (unpaired) electrons. The van der Waals surface area contributed by atoms with Crippen LogP contribution in [0.2, 0.25) is 0 Å². The summed E-state index contributed by atoms with van der Waals surface area (Å²) in [6.07, 6.45) is 5.69. The van der Waals surface area contributed by atoms with Crippen molar-refractivity contribution in [2.75, 3.05) is 11.9 Å². The van der Waals surface area contributed by atoms with Crippen LogP contribution in [0.1, 0.15) is 25.7 Å². The number of para-hydroxylation sites is 1. The summed E-state index contributed by atoms with van der Waals surface area (Å²) in [5.41, 5.74) is 1.25. The third kappa shape index (κ3) is 3.10. The second-order valence-electron chi connectivity index (χ2n) is 3.88. The lowest BCUT2D eigenvalue weighted by molar-refractivity contribution is 0.687. The molecular weight excluding hydrogens is 158 g/mol. The van der Waals surface area contributed by atoms with Gasteiger partial charge in [-0.15, -0.1) is 0 Å². The first-order valence-electron chi connectivity index (χ1n) is 5.24. The minimum Gasteiger partial charge on any atom is -0.385 e. The van der Waals surface area contributed by atoms with Crippen LogP contribution < -0.4 is 5.32 Å². The molecule has 70 valence electrons. The second kappa shape index (κ2) is 4.31. The molecule has 1 N–H and O–H groups in total. The van der Waals surface area contributed by atoms with E-state index in [1.165, 1.54) is 31.4 Å². The molecule has 2 rings (SSSR count). The normalized spacial score (nSPS) is 15.7. The topological polar surface area (TPSA) is 12.0 Å². The van der Waals surface area contributed by atoms with Gasteiger partial charge in [-0.2, -0.15) is 0 Å². The molecule has 0 spiro atoms. The van der Waals surface area contributed by atoms with E-state index in [1.54, 1.807) is 0 Å². The predicted molar refractivity (Wildman–Crippen MR) is 56.9 cm³/mol. The van der Waals surface area contributed by atoms with E-state index in [2.05, 4.69) is 35.6 Å². The Morgan fingerprint density at radius 1 is 1.15 bits per heavy atom. The maximum absolute atomic E-state index is 3.43. The van der Waals surface area contributed by atoms with E-state index >= 15 is 0 Å². The van der Waals surface area contributed by atoms with E-state index in [0.29, 0.717) is 0 Å². The molecule has 1 saturated carbocycles. The average molecular weight is 175 g/mol. The fraction of sp³-hybridized carbons (Fsp3) is 0.500. The average Bonchev–Trinajstić information content (AvgIpc) is 2.98. The van der Waals surface area contributed by atoms with Crippen LogP contribution in [0.5, 0.6) is 0 Å². The Balaban J connectivity index is 1.61. The largest absolute Gasteiger partial charge is 0.385 e. The summed E-state index contributed by atoms with van der Waals surface area (Å²) < 4.78 is 0. The van der Waals surface area contributed by atoms with Crippen LogP contribution in [0.3, 0.4) is 0 Å². The molecule has 0 atom stereocenters. The van der Waals surface area contributed by atoms with Gasteiger partial charge in [0.1, 0.15) is 0 Å². The van der Waals surface area contributed by atoms with Gasteiger partial charge >= 0.3 is 0 Å². The fourth-order valence-corrected chi connectivity index (χ4v) is 1.59. The third-order valence-corrected chi connectivity index (χ3v) is 2.59. The molecule has 1 fully saturated rings. The zero-order valence-corrected chi connectivity index (χ0v) is 8.00. The molecule has 1 aliphatic carbocycles. The second-order valence-corrected chi connectivity index (χ2v) is 3.88. The summed E-state index contributed by atoms with van der Waals surface area (Å²) in [4.78, 5) is 0. The Kier molecular flexibility index (Phi) is 2.86. The number of hydrogen-bond acceptors (Lipinski definition) is 1. The molecule has 0 aromatic heterocycles. The summed E-state index contributed by atoms with van der Waals surface area (Å²) in [5.74, 6) is 1.07. The smallest absolute Gasteiger partial charge is 0.0340 e. The van der Waals surface area contributed by atoms with Gasteiger partial charge in [0, 0.05) is 12.2 Å². The molecule has 0 bridgehead atoms. The Bertz CT molecular complexity index is 239. The highest BCUT2D eigenvalue weighted by Crippen LogP contribution is 2.33. The van der Waals surface area contributed by atoms with Crippen LogP contribution in [-0.2, 0) is 0 Å². The first kappa shape index (κ1) is 8.61. The van der Waals surface area contributed by atoms with Crippen molar-refractivity contribution in [1.29, 1.82) is 0 Å². The number of benzene rings is 1. The number of anilines is 1. The van der Waals surface area contributed by atoms with Gasteiger partial charge in [0.15, 0.2) is 0 Å². The molecule has 1 aromatic carbocycles. The van der Waals surface area contributed by atoms with Crippen molar-refractivity contribution >= 4 is 5.69 Å². The third-order valence-electron chi connectivity index (χ3n) is 2.59. The quantitative estimate of drug-likeness (QED) is 0.677. The lowest BCUT2D eigenvalue weighted by Gasteiger charge is -2.04. The molecule has 0 heterocycles. The minimum atomic E-state index is 1.07. The van der Waals surface area contributed by atoms with Crippen LogP contribution in [-0.4, -0.2) is 6.54 Å². The number of nitrogens with one attached hydrogen (secondary N) is 1. The van der Waals surface area contributed by atoms with Gasteiger partial charge in [0.05, 0.1) is 0 Å². The SMILES string of the molecule is c1ccc(NCCCC2CC2)cc1. The van der Waals surface area contributed by atoms with Crippen molar-refractivity contribution in [3.8, 4) is 0 Å². The fourth-order valence-electron chi connectivity index (χ4n) is 1.59. The standard InChI is InChI=1S/C12H17N/c1-2-6-12(7-3-1)13-10-4-5-11-8-9-11/h1-3,6-7,11,13H,4-5,8-10H2. The van der Waals surface area contributed by atoms with Crippen molar-refractivity contribution < 1.29 is 0 Å². The van der Waals surface area contributed by atoms with Crippen LogP contribution in [0.25, 0.3) is 0 Å². The lowest BCUT2D eigenvalue weighted by atomic mass is 10.2. The zero-order chi connectivity index (χ0) is 8.93. The lowest BCUT2D eigenvalue weighted by Crippen LogP contribution is -2.01. The molecule has 1 nitrogen and oxygen atoms in total. The zero-order valence-electron chi connectivity index (χ0n) is 8.00. The highest BCUT2D eigenvalue weighted by molar-refractivity contribution is 5.42. The summed E-state index contributed by atoms with van der Waals surface area (Å²) >= 11 is 0. The van der Waals surface area contributed by atoms with Gasteiger partial charge in [0.2, 0.25) is 0 Å². The highest BCUT2D eigenvalue weighted by Gasteiger charge is 2.19. The summed E-state index contributed by atoms with van der Waals surface area (Å²) in [7, 11) is 0. The molecule has 13 heavy (non-hydrogen) atoms. The first-order chi connectivity index (χ1) is 6.45. The van der Waals surface area contributed by atoms with Crippen molar-refractivity contribution in [2.45, 2.75) is 25.7 Å². The molecule has 0 saturated heterocycles. The van der Waals surface area contributed by atoms with Crippen LogP contribution >= 0.6 is 0 Å². The van der Waals surface area contributed by atoms with Crippen LogP contribution in [0.15, 0.2) is 30.3 Å². The monoisotopic (exact) mass is 175 g/mol. The van der Waals surface area contributed by atoms with E-state index in [4.69, 9.17) is 0 Å². The molecule has 1 aromatic rings. The van der Waals surface area contributed by atoms with Gasteiger partial charge in [-0.3, -0.25) is 0 Å². The molecule has 0 aliphatic heterocycles. The highest BCUT2D eigenvalue weighted by atomic mass is 14.9. The molecule has 1 aliphatic rings. The Hall–Kier alpha value is -0.980. The molecule has 0 amide bonds. The van der Waals surface area contributed by atoms with Gasteiger partial charge in [0.25, 0.3) is 0 Å². The molecule has 0 unspecified atom stereocenters.